The Bertz CT molecular complexity index is 411. The van der Waals surface area contributed by atoms with Crippen molar-refractivity contribution in [2.45, 2.75) is 12.6 Å². The van der Waals surface area contributed by atoms with Crippen LogP contribution < -0.4 is 5.32 Å². The van der Waals surface area contributed by atoms with Crippen LogP contribution in [0.15, 0.2) is 16.8 Å². The standard InChI is InChI=1S/C14H23N3O2S/c1-16-4-5-19-13(10-16)7-15-8-14(18)17(2)9-12-3-6-20-11-12/h3,6,11,13,15H,4-5,7-10H2,1-2H3/t13-/m1/s1. The Morgan fingerprint density at radius 2 is 2.50 bits per heavy atom. The third kappa shape index (κ3) is 4.86. The Kier molecular flexibility index (Phi) is 5.97. The maximum Gasteiger partial charge on any atom is 0.236 e. The van der Waals surface area contributed by atoms with Crippen molar-refractivity contribution in [3.8, 4) is 0 Å². The summed E-state index contributed by atoms with van der Waals surface area (Å²) in [5.74, 6) is 0.111. The van der Waals surface area contributed by atoms with Gasteiger partial charge in [0.05, 0.1) is 19.3 Å². The first kappa shape index (κ1) is 15.4. The fraction of sp³-hybridized carbons (Fsp3) is 0.643. The van der Waals surface area contributed by atoms with Gasteiger partial charge in [-0.25, -0.2) is 0 Å². The van der Waals surface area contributed by atoms with Gasteiger partial charge < -0.3 is 19.9 Å². The highest BCUT2D eigenvalue weighted by atomic mass is 32.1. The highest BCUT2D eigenvalue weighted by molar-refractivity contribution is 7.07. The SMILES string of the molecule is CN1CCO[C@H](CNCC(=O)N(C)Cc2ccsc2)C1. The third-order valence-corrected chi connectivity index (χ3v) is 4.15. The Morgan fingerprint density at radius 3 is 3.20 bits per heavy atom. The Labute approximate surface area is 124 Å². The molecule has 0 saturated carbocycles. The number of rotatable bonds is 6. The van der Waals surface area contributed by atoms with Gasteiger partial charge in [0.1, 0.15) is 0 Å². The van der Waals surface area contributed by atoms with Gasteiger partial charge in [-0.1, -0.05) is 0 Å². The van der Waals surface area contributed by atoms with E-state index in [4.69, 9.17) is 4.74 Å². The first-order chi connectivity index (χ1) is 9.65. The van der Waals surface area contributed by atoms with Crippen LogP contribution in [0.25, 0.3) is 0 Å². The van der Waals surface area contributed by atoms with E-state index >= 15 is 0 Å². The Hall–Kier alpha value is -0.950. The van der Waals surface area contributed by atoms with E-state index in [1.807, 2.05) is 18.5 Å². The van der Waals surface area contributed by atoms with Crippen LogP contribution in [0.1, 0.15) is 5.56 Å². The summed E-state index contributed by atoms with van der Waals surface area (Å²) in [4.78, 5) is 16.0. The van der Waals surface area contributed by atoms with Crippen molar-refractivity contribution in [2.75, 3.05) is 46.9 Å². The number of morpholine rings is 1. The van der Waals surface area contributed by atoms with Gasteiger partial charge in [0.15, 0.2) is 0 Å². The molecule has 6 heteroatoms. The minimum Gasteiger partial charge on any atom is -0.374 e. The number of carbonyl (C=O) groups excluding carboxylic acids is 1. The van der Waals surface area contributed by atoms with E-state index in [2.05, 4.69) is 22.6 Å². The molecule has 0 unspecified atom stereocenters. The number of thiophene rings is 1. The normalized spacial score (nSPS) is 20.0. The molecule has 1 amide bonds. The molecule has 20 heavy (non-hydrogen) atoms. The summed E-state index contributed by atoms with van der Waals surface area (Å²) in [6, 6.07) is 2.05. The molecule has 0 radical (unpaired) electrons. The second-order valence-electron chi connectivity index (χ2n) is 5.27. The number of nitrogens with one attached hydrogen (secondary N) is 1. The lowest BCUT2D eigenvalue weighted by Gasteiger charge is -2.30. The summed E-state index contributed by atoms with van der Waals surface area (Å²) in [7, 11) is 3.93. The van der Waals surface area contributed by atoms with Crippen LogP contribution in [0.2, 0.25) is 0 Å². The Morgan fingerprint density at radius 1 is 1.65 bits per heavy atom. The molecule has 1 N–H and O–H groups in total. The van der Waals surface area contributed by atoms with Crippen molar-refractivity contribution in [2.24, 2.45) is 0 Å². The van der Waals surface area contributed by atoms with Gasteiger partial charge in [-0.15, -0.1) is 0 Å². The quantitative estimate of drug-likeness (QED) is 0.836. The number of ether oxygens (including phenoxy) is 1. The second-order valence-corrected chi connectivity index (χ2v) is 6.05. The molecule has 1 saturated heterocycles. The molecular formula is C14H23N3O2S. The van der Waals surface area contributed by atoms with Crippen molar-refractivity contribution in [1.29, 1.82) is 0 Å². The van der Waals surface area contributed by atoms with E-state index < -0.39 is 0 Å². The summed E-state index contributed by atoms with van der Waals surface area (Å²) < 4.78 is 5.65. The number of hydrogen-bond donors (Lipinski definition) is 1. The molecule has 1 aliphatic rings. The summed E-state index contributed by atoms with van der Waals surface area (Å²) in [5.41, 5.74) is 1.18. The number of amides is 1. The second kappa shape index (κ2) is 7.73. The number of likely N-dealkylation sites (N-methyl/N-ethyl adjacent to an activating group) is 2. The molecule has 1 fully saturated rings. The van der Waals surface area contributed by atoms with Crippen LogP contribution in [-0.4, -0.2) is 68.7 Å². The third-order valence-electron chi connectivity index (χ3n) is 3.42. The minimum absolute atomic E-state index is 0.111. The first-order valence-electron chi connectivity index (χ1n) is 6.91. The zero-order valence-electron chi connectivity index (χ0n) is 12.2. The average molecular weight is 297 g/mol. The molecule has 5 nitrogen and oxygen atoms in total. The molecule has 0 aromatic carbocycles. The number of hydrogen-bond acceptors (Lipinski definition) is 5. The monoisotopic (exact) mass is 297 g/mol. The summed E-state index contributed by atoms with van der Waals surface area (Å²) >= 11 is 1.66. The van der Waals surface area contributed by atoms with Crippen molar-refractivity contribution in [3.63, 3.8) is 0 Å². The largest absolute Gasteiger partial charge is 0.374 e. The van der Waals surface area contributed by atoms with Gasteiger partial charge in [0, 0.05) is 33.2 Å². The van der Waals surface area contributed by atoms with Gasteiger partial charge >= 0.3 is 0 Å². The van der Waals surface area contributed by atoms with Gasteiger partial charge in [0.25, 0.3) is 0 Å². The first-order valence-corrected chi connectivity index (χ1v) is 7.85. The molecule has 1 aliphatic heterocycles. The van der Waals surface area contributed by atoms with Gasteiger partial charge in [-0.3, -0.25) is 4.79 Å². The molecule has 1 atom stereocenters. The maximum absolute atomic E-state index is 12.0. The van der Waals surface area contributed by atoms with E-state index in [0.29, 0.717) is 13.1 Å². The predicted molar refractivity (Wildman–Crippen MR) is 80.9 cm³/mol. The van der Waals surface area contributed by atoms with Crippen molar-refractivity contribution >= 4 is 17.2 Å². The molecule has 112 valence electrons. The van der Waals surface area contributed by atoms with Crippen molar-refractivity contribution < 1.29 is 9.53 Å². The lowest BCUT2D eigenvalue weighted by molar-refractivity contribution is -0.129. The minimum atomic E-state index is 0.111. The average Bonchev–Trinajstić information content (AvgIpc) is 2.91. The predicted octanol–water partition coefficient (Wildman–Crippen LogP) is 0.627. The molecule has 0 spiro atoms. The zero-order chi connectivity index (χ0) is 14.4. The van der Waals surface area contributed by atoms with E-state index in [-0.39, 0.29) is 12.0 Å². The van der Waals surface area contributed by atoms with Crippen LogP contribution in [-0.2, 0) is 16.1 Å². The van der Waals surface area contributed by atoms with Crippen LogP contribution in [0.5, 0.6) is 0 Å². The van der Waals surface area contributed by atoms with Crippen molar-refractivity contribution in [1.82, 2.24) is 15.1 Å². The smallest absolute Gasteiger partial charge is 0.236 e. The van der Waals surface area contributed by atoms with Gasteiger partial charge in [-0.2, -0.15) is 11.3 Å². The fourth-order valence-corrected chi connectivity index (χ4v) is 2.87. The molecule has 1 aromatic heterocycles. The Balaban J connectivity index is 1.64. The molecule has 0 aliphatic carbocycles. The van der Waals surface area contributed by atoms with Gasteiger partial charge in [0.2, 0.25) is 5.91 Å². The van der Waals surface area contributed by atoms with E-state index in [1.165, 1.54) is 5.56 Å². The van der Waals surface area contributed by atoms with Crippen LogP contribution in [0.3, 0.4) is 0 Å². The van der Waals surface area contributed by atoms with Gasteiger partial charge in [-0.05, 0) is 29.4 Å². The summed E-state index contributed by atoms with van der Waals surface area (Å²) in [6.45, 7) is 4.44. The highest BCUT2D eigenvalue weighted by Crippen LogP contribution is 2.08. The highest BCUT2D eigenvalue weighted by Gasteiger charge is 2.17. The topological polar surface area (TPSA) is 44.8 Å². The lowest BCUT2D eigenvalue weighted by atomic mass is 10.3. The molecule has 0 bridgehead atoms. The summed E-state index contributed by atoms with van der Waals surface area (Å²) in [5, 5.41) is 7.30. The lowest BCUT2D eigenvalue weighted by Crippen LogP contribution is -2.46. The number of carbonyl (C=O) groups is 1. The van der Waals surface area contributed by atoms with Crippen LogP contribution >= 0.6 is 11.3 Å². The van der Waals surface area contributed by atoms with E-state index in [9.17, 15) is 4.79 Å². The fourth-order valence-electron chi connectivity index (χ4n) is 2.21. The van der Waals surface area contributed by atoms with E-state index in [0.717, 1.165) is 26.2 Å². The van der Waals surface area contributed by atoms with E-state index in [1.54, 1.807) is 16.2 Å². The van der Waals surface area contributed by atoms with Crippen molar-refractivity contribution in [3.05, 3.63) is 22.4 Å². The molecular weight excluding hydrogens is 274 g/mol. The number of nitrogens with zero attached hydrogens (tertiary/aromatic N) is 2. The molecule has 1 aromatic rings. The van der Waals surface area contributed by atoms with Crippen LogP contribution in [0.4, 0.5) is 0 Å². The summed E-state index contributed by atoms with van der Waals surface area (Å²) in [6.07, 6.45) is 0.184. The molecule has 2 rings (SSSR count). The maximum atomic E-state index is 12.0. The molecule has 2 heterocycles. The zero-order valence-corrected chi connectivity index (χ0v) is 13.0. The van der Waals surface area contributed by atoms with Crippen LogP contribution in [0, 0.1) is 0 Å².